The highest BCUT2D eigenvalue weighted by Gasteiger charge is 2.78. The van der Waals surface area contributed by atoms with E-state index < -0.39 is 33.4 Å². The van der Waals surface area contributed by atoms with E-state index in [2.05, 4.69) is 20.1 Å². The zero-order valence-electron chi connectivity index (χ0n) is 28.4. The highest BCUT2D eigenvalue weighted by molar-refractivity contribution is 8.02. The predicted octanol–water partition coefficient (Wildman–Crippen LogP) is 6.79. The number of benzene rings is 4. The molecule has 0 aromatic heterocycles. The Morgan fingerprint density at radius 3 is 2.24 bits per heavy atom. The Bertz CT molecular complexity index is 1940. The van der Waals surface area contributed by atoms with Gasteiger partial charge in [-0.2, -0.15) is 0 Å². The summed E-state index contributed by atoms with van der Waals surface area (Å²) in [7, 11) is 0. The van der Waals surface area contributed by atoms with Crippen molar-refractivity contribution in [3.05, 3.63) is 140 Å². The Labute approximate surface area is 298 Å². The van der Waals surface area contributed by atoms with Gasteiger partial charge in [-0.05, 0) is 53.8 Å². The van der Waals surface area contributed by atoms with Crippen molar-refractivity contribution >= 4 is 45.9 Å². The number of thioether (sulfide) groups is 1. The molecule has 3 aliphatic rings. The summed E-state index contributed by atoms with van der Waals surface area (Å²) >= 11 is 1.64. The predicted molar refractivity (Wildman–Crippen MR) is 200 cm³/mol. The second-order valence-corrected chi connectivity index (χ2v) is 15.7. The van der Waals surface area contributed by atoms with E-state index in [-0.39, 0.29) is 30.9 Å². The second kappa shape index (κ2) is 13.6. The first-order chi connectivity index (χ1) is 24.3. The number of amides is 3. The highest BCUT2D eigenvalue weighted by Crippen LogP contribution is 2.72. The molecule has 0 saturated carbocycles. The fourth-order valence-electron chi connectivity index (χ4n) is 8.72. The third-order valence-electron chi connectivity index (χ3n) is 10.9. The maximum atomic E-state index is 15.3. The fraction of sp³-hybridized carbons (Fsp3) is 0.310. The molecule has 7 rings (SSSR count). The summed E-state index contributed by atoms with van der Waals surface area (Å²) in [4.78, 5) is 50.5. The van der Waals surface area contributed by atoms with Crippen LogP contribution in [0.5, 0.6) is 0 Å². The van der Waals surface area contributed by atoms with E-state index in [9.17, 15) is 9.90 Å². The zero-order valence-corrected chi connectivity index (χ0v) is 29.2. The molecule has 0 radical (unpaired) electrons. The molecule has 0 aliphatic carbocycles. The average molecular weight is 686 g/mol. The van der Waals surface area contributed by atoms with E-state index >= 15 is 9.59 Å². The molecule has 256 valence electrons. The van der Waals surface area contributed by atoms with Gasteiger partial charge in [0.1, 0.15) is 6.04 Å². The summed E-state index contributed by atoms with van der Waals surface area (Å²) < 4.78 is -1.42. The van der Waals surface area contributed by atoms with E-state index in [0.717, 1.165) is 21.9 Å². The molecule has 4 aromatic carbocycles. The smallest absolute Gasteiger partial charge is 0.251 e. The van der Waals surface area contributed by atoms with Gasteiger partial charge in [0.25, 0.3) is 5.91 Å². The summed E-state index contributed by atoms with van der Waals surface area (Å²) in [6.45, 7) is 10.6. The largest absolute Gasteiger partial charge is 0.394 e. The lowest BCUT2D eigenvalue weighted by atomic mass is 9.66. The lowest BCUT2D eigenvalue weighted by molar-refractivity contribution is -0.146. The van der Waals surface area contributed by atoms with Crippen molar-refractivity contribution in [3.8, 4) is 0 Å². The van der Waals surface area contributed by atoms with Gasteiger partial charge in [-0.15, -0.1) is 24.9 Å². The summed E-state index contributed by atoms with van der Waals surface area (Å²) in [5.74, 6) is -1.98. The van der Waals surface area contributed by atoms with E-state index in [4.69, 9.17) is 0 Å². The molecule has 50 heavy (non-hydrogen) atoms. The van der Waals surface area contributed by atoms with Crippen molar-refractivity contribution in [1.82, 2.24) is 9.80 Å². The Morgan fingerprint density at radius 1 is 0.900 bits per heavy atom. The first kappa shape index (κ1) is 33.8. The molecular formula is C42H43N3O4S. The van der Waals surface area contributed by atoms with E-state index in [0.29, 0.717) is 31.6 Å². The second-order valence-electron chi connectivity index (χ2n) is 13.8. The van der Waals surface area contributed by atoms with Crippen LogP contribution in [0.25, 0.3) is 10.8 Å². The van der Waals surface area contributed by atoms with Crippen LogP contribution in [0.4, 0.5) is 5.69 Å². The molecule has 6 atom stereocenters. The first-order valence-corrected chi connectivity index (χ1v) is 18.1. The molecular weight excluding hydrogens is 643 g/mol. The lowest BCUT2D eigenvalue weighted by Gasteiger charge is -2.39. The van der Waals surface area contributed by atoms with Gasteiger partial charge in [-0.1, -0.05) is 103 Å². The average Bonchev–Trinajstić information content (AvgIpc) is 3.71. The first-order valence-electron chi connectivity index (χ1n) is 17.3. The molecule has 3 aliphatic heterocycles. The van der Waals surface area contributed by atoms with Gasteiger partial charge in [0, 0.05) is 30.1 Å². The Morgan fingerprint density at radius 2 is 1.56 bits per heavy atom. The van der Waals surface area contributed by atoms with Crippen LogP contribution >= 0.6 is 11.8 Å². The SMILES string of the molecule is C=CCN(Cc1ccccc1)C(=O)[C@@H]1[C@H]2C(=O)N([C@H](CO)c3ccccc3)C(C(=O)N(CC=C)c3ccc4ccccc4c3)C23CC[C@@]1(C)S3. The van der Waals surface area contributed by atoms with Gasteiger partial charge in [-0.3, -0.25) is 14.4 Å². The molecule has 3 amide bonds. The van der Waals surface area contributed by atoms with E-state index in [1.807, 2.05) is 103 Å². The number of aliphatic hydroxyl groups is 1. The van der Waals surface area contributed by atoms with Crippen molar-refractivity contribution < 1.29 is 19.5 Å². The molecule has 3 heterocycles. The number of rotatable bonds is 12. The van der Waals surface area contributed by atoms with Crippen LogP contribution in [0.2, 0.25) is 0 Å². The number of carbonyl (C=O) groups excluding carboxylic acids is 3. The highest BCUT2D eigenvalue weighted by atomic mass is 32.2. The van der Waals surface area contributed by atoms with Crippen LogP contribution in [-0.2, 0) is 20.9 Å². The summed E-state index contributed by atoms with van der Waals surface area (Å²) in [5.41, 5.74) is 2.44. The van der Waals surface area contributed by atoms with Gasteiger partial charge in [0.05, 0.1) is 29.2 Å². The van der Waals surface area contributed by atoms with Crippen molar-refractivity contribution in [3.63, 3.8) is 0 Å². The molecule has 8 heteroatoms. The third-order valence-corrected chi connectivity index (χ3v) is 12.9. The maximum Gasteiger partial charge on any atom is 0.251 e. The molecule has 2 unspecified atom stereocenters. The lowest BCUT2D eigenvalue weighted by Crippen LogP contribution is -2.56. The number of nitrogens with zero attached hydrogens (tertiary/aromatic N) is 3. The minimum absolute atomic E-state index is 0.102. The zero-order chi connectivity index (χ0) is 35.0. The number of likely N-dealkylation sites (tertiary alicyclic amines) is 1. The molecule has 3 saturated heterocycles. The molecule has 7 nitrogen and oxygen atoms in total. The van der Waals surface area contributed by atoms with Crippen molar-refractivity contribution in [1.29, 1.82) is 0 Å². The minimum atomic E-state index is -0.921. The van der Waals surface area contributed by atoms with Gasteiger partial charge < -0.3 is 19.8 Å². The van der Waals surface area contributed by atoms with Gasteiger partial charge in [-0.25, -0.2) is 0 Å². The molecule has 3 fully saturated rings. The van der Waals surface area contributed by atoms with Crippen LogP contribution in [-0.4, -0.2) is 67.9 Å². The monoisotopic (exact) mass is 685 g/mol. The molecule has 1 spiro atoms. The molecule has 2 bridgehead atoms. The number of anilines is 1. The number of hydrogen-bond acceptors (Lipinski definition) is 5. The standard InChI is InChI=1S/C42H43N3O4S/c1-4-24-43(27-29-14-8-6-9-15-29)38(47)35-36-39(48)45(34(28-46)31-17-10-7-11-18-31)37(42(36)23-22-41(35,3)50-42)40(49)44(25-5-2)33-21-20-30-16-12-13-19-32(30)26-33/h4-21,26,34-37,46H,1-2,22-25,27-28H2,3H3/t34-,35+,36+,37?,41-,42?/m1/s1. The Balaban J connectivity index is 1.35. The van der Waals surface area contributed by atoms with Crippen LogP contribution in [0.3, 0.4) is 0 Å². The fourth-order valence-corrected chi connectivity index (χ4v) is 11.0. The number of fused-ring (bicyclic) bond motifs is 2. The summed E-state index contributed by atoms with van der Waals surface area (Å²) in [6, 6.07) is 31.5. The number of hydrogen-bond donors (Lipinski definition) is 1. The minimum Gasteiger partial charge on any atom is -0.394 e. The third kappa shape index (κ3) is 5.55. The summed E-state index contributed by atoms with van der Waals surface area (Å²) in [5, 5.41) is 13.0. The number of aliphatic hydroxyl groups excluding tert-OH is 1. The number of carbonyl (C=O) groups is 3. The van der Waals surface area contributed by atoms with Crippen LogP contribution < -0.4 is 4.90 Å². The summed E-state index contributed by atoms with van der Waals surface area (Å²) in [6.07, 6.45) is 4.72. The van der Waals surface area contributed by atoms with E-state index in [1.54, 1.807) is 38.6 Å². The van der Waals surface area contributed by atoms with E-state index in [1.165, 1.54) is 0 Å². The van der Waals surface area contributed by atoms with Crippen molar-refractivity contribution in [2.45, 2.75) is 47.9 Å². The normalized spacial score (nSPS) is 25.7. The Kier molecular flexibility index (Phi) is 9.18. The molecule has 4 aromatic rings. The van der Waals surface area contributed by atoms with Gasteiger partial charge in [0.15, 0.2) is 0 Å². The topological polar surface area (TPSA) is 81.2 Å². The van der Waals surface area contributed by atoms with Crippen LogP contribution in [0, 0.1) is 11.8 Å². The maximum absolute atomic E-state index is 15.3. The van der Waals surface area contributed by atoms with Crippen molar-refractivity contribution in [2.75, 3.05) is 24.6 Å². The van der Waals surface area contributed by atoms with Crippen LogP contribution in [0.15, 0.2) is 128 Å². The van der Waals surface area contributed by atoms with Gasteiger partial charge >= 0.3 is 0 Å². The quantitative estimate of drug-likeness (QED) is 0.166. The molecule has 1 N–H and O–H groups in total. The van der Waals surface area contributed by atoms with Crippen LogP contribution in [0.1, 0.15) is 36.9 Å². The Hall–Kier alpha value is -4.66. The van der Waals surface area contributed by atoms with Gasteiger partial charge in [0.2, 0.25) is 11.8 Å². The van der Waals surface area contributed by atoms with Crippen molar-refractivity contribution in [2.24, 2.45) is 11.8 Å².